The Morgan fingerprint density at radius 2 is 2.11 bits per heavy atom. The molecule has 1 N–H and O–H groups in total. The molecule has 18 heavy (non-hydrogen) atoms. The number of rotatable bonds is 4. The van der Waals surface area contributed by atoms with E-state index in [4.69, 9.17) is 4.42 Å². The van der Waals surface area contributed by atoms with Crippen molar-refractivity contribution in [1.82, 2.24) is 5.32 Å². The van der Waals surface area contributed by atoms with Crippen molar-refractivity contribution in [2.45, 2.75) is 58.4 Å². The van der Waals surface area contributed by atoms with Crippen LogP contribution in [0.1, 0.15) is 62.8 Å². The van der Waals surface area contributed by atoms with Crippen LogP contribution >= 0.6 is 0 Å². The lowest BCUT2D eigenvalue weighted by atomic mass is 9.92. The van der Waals surface area contributed by atoms with E-state index in [-0.39, 0.29) is 0 Å². The smallest absolute Gasteiger partial charge is 0.101 e. The van der Waals surface area contributed by atoms with Crippen LogP contribution in [0.5, 0.6) is 0 Å². The molecule has 1 atom stereocenters. The zero-order valence-electron chi connectivity index (χ0n) is 11.7. The molecule has 1 aromatic rings. The Morgan fingerprint density at radius 3 is 2.83 bits per heavy atom. The Morgan fingerprint density at radius 1 is 1.28 bits per heavy atom. The molecule has 0 amide bonds. The largest absolute Gasteiger partial charge is 0.469 e. The number of hydrogen-bond donors (Lipinski definition) is 1. The Bertz CT molecular complexity index is 392. The standard InChI is InChI=1S/C16H25NO/c1-3-17-16(15-11-13(2)18-12-15)14-9-7-5-4-6-8-10-14/h9,11-12,16-17H,3-8,10H2,1-2H3. The topological polar surface area (TPSA) is 25.2 Å². The third-order valence-corrected chi connectivity index (χ3v) is 3.69. The second-order valence-corrected chi connectivity index (χ2v) is 5.21. The molecule has 2 rings (SSSR count). The zero-order valence-corrected chi connectivity index (χ0v) is 11.7. The van der Waals surface area contributed by atoms with Gasteiger partial charge in [0.25, 0.3) is 0 Å². The summed E-state index contributed by atoms with van der Waals surface area (Å²) in [5.41, 5.74) is 2.83. The highest BCUT2D eigenvalue weighted by Gasteiger charge is 2.17. The van der Waals surface area contributed by atoms with E-state index >= 15 is 0 Å². The van der Waals surface area contributed by atoms with E-state index in [0.29, 0.717) is 6.04 Å². The zero-order chi connectivity index (χ0) is 12.8. The number of allylic oxidation sites excluding steroid dienone is 1. The molecule has 0 aliphatic heterocycles. The van der Waals surface area contributed by atoms with Crippen LogP contribution in [-0.4, -0.2) is 6.54 Å². The fraction of sp³-hybridized carbons (Fsp3) is 0.625. The minimum absolute atomic E-state index is 0.352. The molecule has 1 aliphatic rings. The molecule has 1 heterocycles. The molecule has 0 aromatic carbocycles. The van der Waals surface area contributed by atoms with E-state index in [1.165, 1.54) is 44.1 Å². The fourth-order valence-corrected chi connectivity index (χ4v) is 2.76. The fourth-order valence-electron chi connectivity index (χ4n) is 2.76. The van der Waals surface area contributed by atoms with Gasteiger partial charge in [0.15, 0.2) is 0 Å². The average Bonchev–Trinajstić information content (AvgIpc) is 2.73. The summed E-state index contributed by atoms with van der Waals surface area (Å²) in [7, 11) is 0. The summed E-state index contributed by atoms with van der Waals surface area (Å²) in [6, 6.07) is 2.51. The first-order valence-electron chi connectivity index (χ1n) is 7.28. The van der Waals surface area contributed by atoms with E-state index in [2.05, 4.69) is 24.4 Å². The summed E-state index contributed by atoms with van der Waals surface area (Å²) in [5.74, 6) is 0.999. The highest BCUT2D eigenvalue weighted by Crippen LogP contribution is 2.29. The van der Waals surface area contributed by atoms with E-state index in [1.807, 2.05) is 13.2 Å². The number of furan rings is 1. The minimum Gasteiger partial charge on any atom is -0.469 e. The van der Waals surface area contributed by atoms with Crippen molar-refractivity contribution in [3.05, 3.63) is 35.3 Å². The van der Waals surface area contributed by atoms with Gasteiger partial charge >= 0.3 is 0 Å². The lowest BCUT2D eigenvalue weighted by Gasteiger charge is -2.22. The molecule has 1 aliphatic carbocycles. The maximum atomic E-state index is 5.47. The Labute approximate surface area is 110 Å². The predicted octanol–water partition coefficient (Wildman–Crippen LogP) is 4.52. The van der Waals surface area contributed by atoms with Gasteiger partial charge in [-0.2, -0.15) is 0 Å². The van der Waals surface area contributed by atoms with Crippen LogP contribution in [-0.2, 0) is 0 Å². The van der Waals surface area contributed by atoms with E-state index in [9.17, 15) is 0 Å². The van der Waals surface area contributed by atoms with E-state index in [0.717, 1.165) is 12.3 Å². The summed E-state index contributed by atoms with van der Waals surface area (Å²) in [5, 5.41) is 3.60. The third kappa shape index (κ3) is 3.49. The highest BCUT2D eigenvalue weighted by molar-refractivity contribution is 5.27. The van der Waals surface area contributed by atoms with Crippen molar-refractivity contribution in [1.29, 1.82) is 0 Å². The maximum absolute atomic E-state index is 5.47. The lowest BCUT2D eigenvalue weighted by Crippen LogP contribution is -2.22. The molecule has 2 heteroatoms. The van der Waals surface area contributed by atoms with Gasteiger partial charge in [0.2, 0.25) is 0 Å². The van der Waals surface area contributed by atoms with Crippen molar-refractivity contribution in [3.8, 4) is 0 Å². The van der Waals surface area contributed by atoms with Gasteiger partial charge in [-0.1, -0.05) is 31.4 Å². The minimum atomic E-state index is 0.352. The average molecular weight is 247 g/mol. The Kier molecular flexibility index (Phi) is 5.06. The van der Waals surface area contributed by atoms with E-state index in [1.54, 1.807) is 5.57 Å². The van der Waals surface area contributed by atoms with Gasteiger partial charge in [-0.05, 0) is 45.2 Å². The molecule has 0 fully saturated rings. The van der Waals surface area contributed by atoms with Gasteiger partial charge in [0.1, 0.15) is 5.76 Å². The van der Waals surface area contributed by atoms with E-state index < -0.39 is 0 Å². The normalized spacial score (nSPS) is 18.9. The predicted molar refractivity (Wildman–Crippen MR) is 75.6 cm³/mol. The summed E-state index contributed by atoms with van der Waals surface area (Å²) < 4.78 is 5.47. The summed E-state index contributed by atoms with van der Waals surface area (Å²) in [6.45, 7) is 5.18. The van der Waals surface area contributed by atoms with Gasteiger partial charge in [0, 0.05) is 5.56 Å². The van der Waals surface area contributed by atoms with Gasteiger partial charge < -0.3 is 9.73 Å². The molecule has 100 valence electrons. The molecule has 1 aromatic heterocycles. The monoisotopic (exact) mass is 247 g/mol. The van der Waals surface area contributed by atoms with Crippen LogP contribution in [0.4, 0.5) is 0 Å². The van der Waals surface area contributed by atoms with Crippen LogP contribution in [0, 0.1) is 6.92 Å². The maximum Gasteiger partial charge on any atom is 0.101 e. The SMILES string of the molecule is CCNC(C1=CCCCCCC1)c1coc(C)c1. The van der Waals surface area contributed by atoms with Crippen molar-refractivity contribution in [3.63, 3.8) is 0 Å². The number of nitrogens with one attached hydrogen (secondary N) is 1. The molecule has 0 spiro atoms. The van der Waals surface area contributed by atoms with Gasteiger partial charge in [-0.25, -0.2) is 0 Å². The number of likely N-dealkylation sites (N-methyl/N-ethyl adjacent to an activating group) is 1. The lowest BCUT2D eigenvalue weighted by molar-refractivity contribution is 0.518. The second-order valence-electron chi connectivity index (χ2n) is 5.21. The molecule has 2 nitrogen and oxygen atoms in total. The first-order chi connectivity index (χ1) is 8.81. The van der Waals surface area contributed by atoms with Gasteiger partial charge in [0.05, 0.1) is 12.3 Å². The Balaban J connectivity index is 2.17. The third-order valence-electron chi connectivity index (χ3n) is 3.69. The number of aryl methyl sites for hydroxylation is 1. The van der Waals surface area contributed by atoms with Gasteiger partial charge in [-0.15, -0.1) is 0 Å². The first kappa shape index (κ1) is 13.4. The molecular formula is C16H25NO. The van der Waals surface area contributed by atoms with Crippen LogP contribution in [0.25, 0.3) is 0 Å². The highest BCUT2D eigenvalue weighted by atomic mass is 16.3. The molecule has 0 bridgehead atoms. The molecular weight excluding hydrogens is 222 g/mol. The van der Waals surface area contributed by atoms with Crippen LogP contribution < -0.4 is 5.32 Å². The number of hydrogen-bond acceptors (Lipinski definition) is 2. The van der Waals surface area contributed by atoms with Crippen molar-refractivity contribution in [2.24, 2.45) is 0 Å². The molecule has 0 saturated heterocycles. The summed E-state index contributed by atoms with van der Waals surface area (Å²) in [6.07, 6.45) is 12.2. The van der Waals surface area contributed by atoms with Crippen LogP contribution in [0.15, 0.2) is 28.4 Å². The summed E-state index contributed by atoms with van der Waals surface area (Å²) >= 11 is 0. The summed E-state index contributed by atoms with van der Waals surface area (Å²) in [4.78, 5) is 0. The van der Waals surface area contributed by atoms with Crippen LogP contribution in [0.3, 0.4) is 0 Å². The molecule has 0 saturated carbocycles. The molecule has 0 radical (unpaired) electrons. The second kappa shape index (κ2) is 6.79. The first-order valence-corrected chi connectivity index (χ1v) is 7.28. The van der Waals surface area contributed by atoms with Gasteiger partial charge in [-0.3, -0.25) is 0 Å². The van der Waals surface area contributed by atoms with Crippen molar-refractivity contribution in [2.75, 3.05) is 6.54 Å². The Hall–Kier alpha value is -1.02. The van der Waals surface area contributed by atoms with Crippen molar-refractivity contribution < 1.29 is 4.42 Å². The van der Waals surface area contributed by atoms with Crippen molar-refractivity contribution >= 4 is 0 Å². The van der Waals surface area contributed by atoms with Crippen LogP contribution in [0.2, 0.25) is 0 Å². The quantitative estimate of drug-likeness (QED) is 0.791. The molecule has 1 unspecified atom stereocenters.